The van der Waals surface area contributed by atoms with E-state index in [2.05, 4.69) is 32.0 Å². The molecule has 1 aliphatic carbocycles. The van der Waals surface area contributed by atoms with Crippen molar-refractivity contribution in [3.05, 3.63) is 72.2 Å². The first-order valence-electron chi connectivity index (χ1n) is 9.65. The van der Waals surface area contributed by atoms with Gasteiger partial charge in [0.1, 0.15) is 17.2 Å². The van der Waals surface area contributed by atoms with E-state index in [1.807, 2.05) is 19.1 Å². The van der Waals surface area contributed by atoms with Gasteiger partial charge in [-0.1, -0.05) is 6.08 Å². The van der Waals surface area contributed by atoms with Crippen molar-refractivity contribution < 1.29 is 14.3 Å². The molecule has 2 atom stereocenters. The number of amides is 3. The summed E-state index contributed by atoms with van der Waals surface area (Å²) in [6, 6.07) is 9.88. The number of nitrogens with zero attached hydrogens (tertiary/aromatic N) is 2. The first kappa shape index (κ1) is 20.7. The summed E-state index contributed by atoms with van der Waals surface area (Å²) in [7, 11) is 1.54. The van der Waals surface area contributed by atoms with Crippen LogP contribution < -0.4 is 20.7 Å². The van der Waals surface area contributed by atoms with E-state index in [0.29, 0.717) is 22.4 Å². The zero-order valence-electron chi connectivity index (χ0n) is 17.0. The summed E-state index contributed by atoms with van der Waals surface area (Å²) < 4.78 is 5.76. The number of aliphatic imine (C=N–C) groups is 1. The van der Waals surface area contributed by atoms with Gasteiger partial charge in [0, 0.05) is 30.7 Å². The summed E-state index contributed by atoms with van der Waals surface area (Å²) in [6.45, 7) is 1.99. The SMILES string of the molecule is CNC(=O)c1cc(Oc2ccc(NC(=O)NC3=CC4N=C(C)SC4C=C3)cc2)ccn1. The third-order valence-electron chi connectivity index (χ3n) is 4.59. The molecule has 3 N–H and O–H groups in total. The number of ether oxygens (including phenoxy) is 1. The van der Waals surface area contributed by atoms with Crippen molar-refractivity contribution in [1.82, 2.24) is 15.6 Å². The van der Waals surface area contributed by atoms with Crippen LogP contribution in [0.3, 0.4) is 0 Å². The van der Waals surface area contributed by atoms with Crippen LogP contribution in [-0.2, 0) is 0 Å². The van der Waals surface area contributed by atoms with Gasteiger partial charge in [0.25, 0.3) is 5.91 Å². The molecule has 2 aromatic rings. The van der Waals surface area contributed by atoms with Crippen LogP contribution in [0.5, 0.6) is 11.5 Å². The molecule has 4 rings (SSSR count). The van der Waals surface area contributed by atoms with Gasteiger partial charge >= 0.3 is 6.03 Å². The molecule has 158 valence electrons. The minimum Gasteiger partial charge on any atom is -0.457 e. The maximum atomic E-state index is 12.3. The van der Waals surface area contributed by atoms with Crippen molar-refractivity contribution in [2.45, 2.75) is 18.2 Å². The fraction of sp³-hybridized carbons (Fsp3) is 0.182. The normalized spacial score (nSPS) is 19.0. The van der Waals surface area contributed by atoms with Crippen molar-refractivity contribution >= 4 is 34.4 Å². The average molecular weight is 436 g/mol. The van der Waals surface area contributed by atoms with Crippen molar-refractivity contribution in [1.29, 1.82) is 0 Å². The predicted octanol–water partition coefficient (Wildman–Crippen LogP) is 3.71. The van der Waals surface area contributed by atoms with E-state index in [1.54, 1.807) is 55.2 Å². The molecule has 2 unspecified atom stereocenters. The number of carbonyl (C=O) groups excluding carboxylic acids is 2. The van der Waals surface area contributed by atoms with Gasteiger partial charge in [0.05, 0.1) is 16.3 Å². The highest BCUT2D eigenvalue weighted by Gasteiger charge is 2.27. The Labute approximate surface area is 183 Å². The third-order valence-corrected chi connectivity index (χ3v) is 5.74. The van der Waals surface area contributed by atoms with Crippen LogP contribution in [-0.4, -0.2) is 40.3 Å². The van der Waals surface area contributed by atoms with E-state index >= 15 is 0 Å². The largest absolute Gasteiger partial charge is 0.457 e. The van der Waals surface area contributed by atoms with Crippen molar-refractivity contribution in [3.63, 3.8) is 0 Å². The predicted molar refractivity (Wildman–Crippen MR) is 122 cm³/mol. The molecule has 0 saturated carbocycles. The lowest BCUT2D eigenvalue weighted by molar-refractivity contribution is 0.0958. The quantitative estimate of drug-likeness (QED) is 0.664. The number of fused-ring (bicyclic) bond motifs is 1. The molecule has 3 amide bonds. The zero-order chi connectivity index (χ0) is 21.8. The Balaban J connectivity index is 1.33. The van der Waals surface area contributed by atoms with E-state index in [1.165, 1.54) is 6.20 Å². The lowest BCUT2D eigenvalue weighted by Crippen LogP contribution is -2.30. The number of nitrogens with one attached hydrogen (secondary N) is 3. The Bertz CT molecular complexity index is 1090. The summed E-state index contributed by atoms with van der Waals surface area (Å²) in [5, 5.41) is 9.53. The lowest BCUT2D eigenvalue weighted by atomic mass is 10.1. The Morgan fingerprint density at radius 1 is 1.10 bits per heavy atom. The Kier molecular flexibility index (Phi) is 6.03. The number of aromatic nitrogens is 1. The van der Waals surface area contributed by atoms with Gasteiger partial charge in [-0.15, -0.1) is 11.8 Å². The van der Waals surface area contributed by atoms with E-state index < -0.39 is 0 Å². The van der Waals surface area contributed by atoms with E-state index in [4.69, 9.17) is 4.74 Å². The monoisotopic (exact) mass is 435 g/mol. The van der Waals surface area contributed by atoms with Crippen molar-refractivity contribution in [3.8, 4) is 11.5 Å². The fourth-order valence-electron chi connectivity index (χ4n) is 3.15. The number of urea groups is 1. The van der Waals surface area contributed by atoms with Gasteiger partial charge < -0.3 is 20.7 Å². The molecule has 31 heavy (non-hydrogen) atoms. The van der Waals surface area contributed by atoms with Crippen LogP contribution >= 0.6 is 11.8 Å². The second kappa shape index (κ2) is 9.05. The number of allylic oxidation sites excluding steroid dienone is 1. The van der Waals surface area contributed by atoms with Crippen LogP contribution in [0.15, 0.2) is 71.5 Å². The van der Waals surface area contributed by atoms with Gasteiger partial charge in [-0.2, -0.15) is 0 Å². The summed E-state index contributed by atoms with van der Waals surface area (Å²) in [4.78, 5) is 32.6. The lowest BCUT2D eigenvalue weighted by Gasteiger charge is -2.17. The Morgan fingerprint density at radius 2 is 1.90 bits per heavy atom. The molecule has 0 bridgehead atoms. The molecule has 0 fully saturated rings. The number of anilines is 1. The van der Waals surface area contributed by atoms with E-state index in [-0.39, 0.29) is 23.7 Å². The highest BCUT2D eigenvalue weighted by Crippen LogP contribution is 2.31. The van der Waals surface area contributed by atoms with Gasteiger partial charge in [-0.3, -0.25) is 14.8 Å². The number of hydrogen-bond donors (Lipinski definition) is 3. The van der Waals surface area contributed by atoms with E-state index in [0.717, 1.165) is 10.7 Å². The number of hydrogen-bond acceptors (Lipinski definition) is 6. The van der Waals surface area contributed by atoms with Crippen LogP contribution in [0, 0.1) is 0 Å². The van der Waals surface area contributed by atoms with Crippen LogP contribution in [0.1, 0.15) is 17.4 Å². The maximum absolute atomic E-state index is 12.3. The number of benzene rings is 1. The summed E-state index contributed by atoms with van der Waals surface area (Å²) in [5.41, 5.74) is 1.61. The Hall–Kier alpha value is -3.59. The minimum absolute atomic E-state index is 0.0684. The minimum atomic E-state index is -0.335. The summed E-state index contributed by atoms with van der Waals surface area (Å²) >= 11 is 1.73. The molecule has 0 saturated heterocycles. The third kappa shape index (κ3) is 5.13. The molecule has 9 heteroatoms. The molecule has 0 spiro atoms. The van der Waals surface area contributed by atoms with Crippen LogP contribution in [0.2, 0.25) is 0 Å². The topological polar surface area (TPSA) is 105 Å². The highest BCUT2D eigenvalue weighted by atomic mass is 32.2. The molecule has 1 aliphatic heterocycles. The highest BCUT2D eigenvalue weighted by molar-refractivity contribution is 8.14. The van der Waals surface area contributed by atoms with Gasteiger partial charge in [0.15, 0.2) is 0 Å². The molecule has 8 nitrogen and oxygen atoms in total. The van der Waals surface area contributed by atoms with Gasteiger partial charge in [-0.05, 0) is 49.4 Å². The first-order chi connectivity index (χ1) is 15.0. The molecule has 1 aromatic heterocycles. The second-order valence-corrected chi connectivity index (χ2v) is 8.23. The van der Waals surface area contributed by atoms with E-state index in [9.17, 15) is 9.59 Å². The number of rotatable bonds is 5. The van der Waals surface area contributed by atoms with Crippen molar-refractivity contribution in [2.75, 3.05) is 12.4 Å². The second-order valence-electron chi connectivity index (χ2n) is 6.86. The van der Waals surface area contributed by atoms with Gasteiger partial charge in [0.2, 0.25) is 0 Å². The van der Waals surface area contributed by atoms with Gasteiger partial charge in [-0.25, -0.2) is 4.79 Å². The van der Waals surface area contributed by atoms with Crippen molar-refractivity contribution in [2.24, 2.45) is 4.99 Å². The average Bonchev–Trinajstić information content (AvgIpc) is 3.14. The number of pyridine rings is 1. The summed E-state index contributed by atoms with van der Waals surface area (Å²) in [5.74, 6) is 0.767. The maximum Gasteiger partial charge on any atom is 0.323 e. The summed E-state index contributed by atoms with van der Waals surface area (Å²) in [6.07, 6.45) is 7.44. The standard InChI is InChI=1S/C22H21N5O3S/c1-13-25-18-11-15(5-8-20(18)31-13)27-22(29)26-14-3-6-16(7-4-14)30-17-9-10-24-19(12-17)21(28)23-2/h3-12,18,20H,1-2H3,(H,23,28)(H2,26,27,29). The molecule has 2 heterocycles. The molecule has 2 aliphatic rings. The zero-order valence-corrected chi connectivity index (χ0v) is 17.8. The smallest absolute Gasteiger partial charge is 0.323 e. The molecular formula is C22H21N5O3S. The number of thioether (sulfide) groups is 1. The molecular weight excluding hydrogens is 414 g/mol. The Morgan fingerprint density at radius 3 is 2.68 bits per heavy atom. The first-order valence-corrected chi connectivity index (χ1v) is 10.5. The fourth-order valence-corrected chi connectivity index (χ4v) is 4.16. The number of carbonyl (C=O) groups is 2. The molecule has 0 radical (unpaired) electrons. The van der Waals surface area contributed by atoms with Crippen LogP contribution in [0.25, 0.3) is 0 Å². The van der Waals surface area contributed by atoms with Crippen LogP contribution in [0.4, 0.5) is 10.5 Å². The molecule has 1 aromatic carbocycles.